The van der Waals surface area contributed by atoms with Gasteiger partial charge in [-0.05, 0) is 0 Å². The molecular formula is C6H18NNiSi2-. The van der Waals surface area contributed by atoms with Crippen LogP contribution in [0.3, 0.4) is 0 Å². The zero-order valence-corrected chi connectivity index (χ0v) is 10.8. The van der Waals surface area contributed by atoms with E-state index in [4.69, 9.17) is 4.65 Å². The van der Waals surface area contributed by atoms with Crippen LogP contribution >= 0.6 is 0 Å². The van der Waals surface area contributed by atoms with Gasteiger partial charge in [-0.25, -0.2) is 0 Å². The average Bonchev–Trinajstić information content (AvgIpc) is 1.14. The van der Waals surface area contributed by atoms with Gasteiger partial charge in [0.05, 0.1) is 0 Å². The molecule has 0 atom stereocenters. The van der Waals surface area contributed by atoms with E-state index in [0.717, 1.165) is 0 Å². The molecule has 0 aromatic heterocycles. The molecule has 0 aliphatic rings. The van der Waals surface area contributed by atoms with Gasteiger partial charge < -0.3 is 4.65 Å². The second kappa shape index (κ2) is 4.05. The molecule has 0 rings (SSSR count). The summed E-state index contributed by atoms with van der Waals surface area (Å²) in [4.78, 5) is 0. The van der Waals surface area contributed by atoms with Crippen molar-refractivity contribution in [2.75, 3.05) is 0 Å². The summed E-state index contributed by atoms with van der Waals surface area (Å²) in [7, 11) is -2.21. The van der Waals surface area contributed by atoms with E-state index in [1.807, 2.05) is 0 Å². The van der Waals surface area contributed by atoms with Crippen LogP contribution in [0.4, 0.5) is 0 Å². The Morgan fingerprint density at radius 2 is 0.900 bits per heavy atom. The second-order valence-electron chi connectivity index (χ2n) is 4.45. The fourth-order valence-electron chi connectivity index (χ4n) is 1.01. The minimum Gasteiger partial charge on any atom is -0.668 e. The standard InChI is InChI=1S/C6H18NSi2.Ni/c1-8(2,3)7-9(4,5)6;/h1-6H3;/q-1;. The van der Waals surface area contributed by atoms with Gasteiger partial charge in [0, 0.05) is 16.5 Å². The Kier molecular flexibility index (Phi) is 5.46. The Balaban J connectivity index is 0. The second-order valence-corrected chi connectivity index (χ2v) is 14.0. The third-order valence-electron chi connectivity index (χ3n) is 0.671. The summed E-state index contributed by atoms with van der Waals surface area (Å²) in [6.45, 7) is 13.8. The first-order chi connectivity index (χ1) is 3.71. The molecule has 0 unspecified atom stereocenters. The Morgan fingerprint density at radius 3 is 0.900 bits per heavy atom. The first-order valence-corrected chi connectivity index (χ1v) is 10.3. The van der Waals surface area contributed by atoms with Crippen LogP contribution in [-0.2, 0) is 16.5 Å². The average molecular weight is 219 g/mol. The van der Waals surface area contributed by atoms with Crippen molar-refractivity contribution in [1.29, 1.82) is 0 Å². The Labute approximate surface area is 77.1 Å². The third-order valence-corrected chi connectivity index (χ3v) is 6.04. The molecule has 0 amide bonds. The van der Waals surface area contributed by atoms with Crippen molar-refractivity contribution < 1.29 is 16.5 Å². The molecule has 0 aromatic rings. The first kappa shape index (κ1) is 13.5. The van der Waals surface area contributed by atoms with E-state index in [1.165, 1.54) is 0 Å². The maximum absolute atomic E-state index is 4.82. The van der Waals surface area contributed by atoms with E-state index in [2.05, 4.69) is 39.3 Å². The van der Waals surface area contributed by atoms with E-state index >= 15 is 0 Å². The summed E-state index contributed by atoms with van der Waals surface area (Å²) in [5.41, 5.74) is 0. The molecule has 0 fully saturated rings. The molecule has 4 heteroatoms. The van der Waals surface area contributed by atoms with E-state index < -0.39 is 16.5 Å². The van der Waals surface area contributed by atoms with Gasteiger partial charge in [-0.1, -0.05) is 55.8 Å². The predicted octanol–water partition coefficient (Wildman–Crippen LogP) is 3.03. The first-order valence-electron chi connectivity index (χ1n) is 3.45. The van der Waals surface area contributed by atoms with Crippen LogP contribution in [0, 0.1) is 0 Å². The molecule has 0 bridgehead atoms. The van der Waals surface area contributed by atoms with E-state index in [1.54, 1.807) is 0 Å². The van der Waals surface area contributed by atoms with Crippen molar-refractivity contribution in [2.24, 2.45) is 0 Å². The molecule has 0 saturated carbocycles. The molecule has 1 nitrogen and oxygen atoms in total. The summed E-state index contributed by atoms with van der Waals surface area (Å²) in [5.74, 6) is 0. The van der Waals surface area contributed by atoms with Crippen LogP contribution in [0.2, 0.25) is 39.3 Å². The van der Waals surface area contributed by atoms with Crippen molar-refractivity contribution >= 4 is 16.5 Å². The molecule has 0 saturated heterocycles. The molecule has 0 N–H and O–H groups in total. The fraction of sp³-hybridized carbons (Fsp3) is 1.00. The topological polar surface area (TPSA) is 14.1 Å². The molecule has 0 spiro atoms. The normalized spacial score (nSPS) is 12.6. The predicted molar refractivity (Wildman–Crippen MR) is 50.1 cm³/mol. The molecule has 10 heavy (non-hydrogen) atoms. The largest absolute Gasteiger partial charge is 0.668 e. The van der Waals surface area contributed by atoms with Crippen LogP contribution in [0.25, 0.3) is 4.65 Å². The molecule has 0 aromatic carbocycles. The maximum atomic E-state index is 4.82. The van der Waals surface area contributed by atoms with Gasteiger partial charge in [0.2, 0.25) is 0 Å². The van der Waals surface area contributed by atoms with E-state index in [9.17, 15) is 0 Å². The number of rotatable bonds is 2. The van der Waals surface area contributed by atoms with Crippen LogP contribution in [0.5, 0.6) is 0 Å². The molecule has 66 valence electrons. The molecule has 0 heterocycles. The maximum Gasteiger partial charge on any atom is 0 e. The van der Waals surface area contributed by atoms with Crippen molar-refractivity contribution in [1.82, 2.24) is 0 Å². The van der Waals surface area contributed by atoms with Gasteiger partial charge in [0.1, 0.15) is 0 Å². The number of hydrogen-bond donors (Lipinski definition) is 0. The SMILES string of the molecule is C[Si](C)(C)[N-][Si](C)(C)C.[Ni]. The van der Waals surface area contributed by atoms with Gasteiger partial charge in [0.25, 0.3) is 0 Å². The van der Waals surface area contributed by atoms with Crippen LogP contribution in [-0.4, -0.2) is 16.5 Å². The van der Waals surface area contributed by atoms with Crippen molar-refractivity contribution in [3.63, 3.8) is 0 Å². The van der Waals surface area contributed by atoms with Gasteiger partial charge >= 0.3 is 0 Å². The summed E-state index contributed by atoms with van der Waals surface area (Å²) in [6.07, 6.45) is 0. The third kappa shape index (κ3) is 11.7. The zero-order chi connectivity index (χ0) is 7.71. The van der Waals surface area contributed by atoms with Gasteiger partial charge in [-0.15, -0.1) is 0 Å². The monoisotopic (exact) mass is 218 g/mol. The summed E-state index contributed by atoms with van der Waals surface area (Å²) in [6, 6.07) is 0. The number of nitrogens with zero attached hydrogens (tertiary/aromatic N) is 1. The molecular weight excluding hydrogens is 201 g/mol. The Hall–Kier alpha value is 0.887. The van der Waals surface area contributed by atoms with Crippen molar-refractivity contribution in [3.05, 3.63) is 4.65 Å². The summed E-state index contributed by atoms with van der Waals surface area (Å²) in [5, 5.41) is 0. The number of hydrogen-bond acceptors (Lipinski definition) is 0. The fourth-order valence-corrected chi connectivity index (χ4v) is 9.06. The zero-order valence-electron chi connectivity index (χ0n) is 7.76. The van der Waals surface area contributed by atoms with Gasteiger partial charge in [-0.2, -0.15) is 0 Å². The Morgan fingerprint density at radius 1 is 0.700 bits per heavy atom. The molecule has 0 radical (unpaired) electrons. The van der Waals surface area contributed by atoms with Crippen molar-refractivity contribution in [2.45, 2.75) is 39.3 Å². The van der Waals surface area contributed by atoms with E-state index in [-0.39, 0.29) is 16.5 Å². The van der Waals surface area contributed by atoms with Crippen LogP contribution in [0.15, 0.2) is 0 Å². The quantitative estimate of drug-likeness (QED) is 0.634. The van der Waals surface area contributed by atoms with Gasteiger partial charge in [0.15, 0.2) is 0 Å². The Bertz CT molecular complexity index is 80.9. The minimum atomic E-state index is -1.11. The van der Waals surface area contributed by atoms with Gasteiger partial charge in [-0.3, -0.25) is 0 Å². The van der Waals surface area contributed by atoms with E-state index in [0.29, 0.717) is 0 Å². The van der Waals surface area contributed by atoms with Crippen LogP contribution in [0.1, 0.15) is 0 Å². The molecule has 0 aliphatic carbocycles. The van der Waals surface area contributed by atoms with Crippen LogP contribution < -0.4 is 0 Å². The minimum absolute atomic E-state index is 0. The smallest absolute Gasteiger partial charge is 0 e. The molecule has 0 aliphatic heterocycles. The summed E-state index contributed by atoms with van der Waals surface area (Å²) >= 11 is 0. The summed E-state index contributed by atoms with van der Waals surface area (Å²) < 4.78 is 4.82. The van der Waals surface area contributed by atoms with Crippen molar-refractivity contribution in [3.8, 4) is 0 Å².